The molecule has 1 rings (SSSR count). The zero-order valence-electron chi connectivity index (χ0n) is 6.09. The minimum atomic E-state index is -0.104. The van der Waals surface area contributed by atoms with E-state index in [1.165, 1.54) is 11.8 Å². The Morgan fingerprint density at radius 2 is 2.50 bits per heavy atom. The molecule has 0 aromatic carbocycles. The summed E-state index contributed by atoms with van der Waals surface area (Å²) in [5.41, 5.74) is 0. The van der Waals surface area contributed by atoms with E-state index in [2.05, 4.69) is 0 Å². The van der Waals surface area contributed by atoms with Crippen LogP contribution in [0.5, 0.6) is 0 Å². The van der Waals surface area contributed by atoms with E-state index >= 15 is 0 Å². The quantitative estimate of drug-likeness (QED) is 0.542. The van der Waals surface area contributed by atoms with Crippen LogP contribution in [0.25, 0.3) is 0 Å². The van der Waals surface area contributed by atoms with Crippen molar-refractivity contribution in [2.45, 2.75) is 18.6 Å². The first-order valence-electron chi connectivity index (χ1n) is 3.15. The van der Waals surface area contributed by atoms with Gasteiger partial charge in [-0.3, -0.25) is 4.79 Å². The van der Waals surface area contributed by atoms with Gasteiger partial charge in [-0.05, 0) is 25.7 Å². The molecule has 56 valence electrons. The number of carbonyl (C=O) groups excluding carboxylic acids is 1. The van der Waals surface area contributed by atoms with E-state index < -0.39 is 0 Å². The first-order chi connectivity index (χ1) is 4.74. The monoisotopic (exact) mass is 158 g/mol. The second-order valence-corrected chi connectivity index (χ2v) is 3.24. The Morgan fingerprint density at radius 3 is 3.00 bits per heavy atom. The summed E-state index contributed by atoms with van der Waals surface area (Å²) in [5, 5.41) is 0.0173. The zero-order valence-corrected chi connectivity index (χ0v) is 6.90. The molecule has 1 aliphatic heterocycles. The van der Waals surface area contributed by atoms with E-state index in [9.17, 15) is 4.79 Å². The van der Waals surface area contributed by atoms with Gasteiger partial charge in [0, 0.05) is 0 Å². The molecule has 1 heterocycles. The second-order valence-electron chi connectivity index (χ2n) is 2.20. The van der Waals surface area contributed by atoms with Crippen molar-refractivity contribution >= 4 is 17.7 Å². The number of hydrogen-bond acceptors (Lipinski definition) is 3. The van der Waals surface area contributed by atoms with Crippen LogP contribution in [0, 0.1) is 0 Å². The first kappa shape index (κ1) is 7.66. The Bertz CT molecular complexity index is 174. The highest BCUT2D eigenvalue weighted by Crippen LogP contribution is 2.20. The van der Waals surface area contributed by atoms with Gasteiger partial charge >= 0.3 is 5.97 Å². The van der Waals surface area contributed by atoms with Crippen molar-refractivity contribution < 1.29 is 9.53 Å². The molecule has 0 spiro atoms. The van der Waals surface area contributed by atoms with Crippen LogP contribution in [-0.4, -0.2) is 17.5 Å². The number of carbonyl (C=O) groups is 1. The predicted molar refractivity (Wildman–Crippen MR) is 41.8 cm³/mol. The van der Waals surface area contributed by atoms with E-state index in [1.54, 1.807) is 6.92 Å². The minimum absolute atomic E-state index is 0.0173. The van der Waals surface area contributed by atoms with E-state index in [1.807, 2.05) is 12.3 Å². The summed E-state index contributed by atoms with van der Waals surface area (Å²) in [6.45, 7) is 1.80. The summed E-state index contributed by atoms with van der Waals surface area (Å²) < 4.78 is 4.89. The fourth-order valence-corrected chi connectivity index (χ4v) is 1.36. The lowest BCUT2D eigenvalue weighted by molar-refractivity contribution is -0.139. The van der Waals surface area contributed by atoms with Crippen LogP contribution in [0.3, 0.4) is 0 Å². The van der Waals surface area contributed by atoms with Gasteiger partial charge in [-0.25, -0.2) is 0 Å². The summed E-state index contributed by atoms with van der Waals surface area (Å²) in [6, 6.07) is 0. The van der Waals surface area contributed by atoms with Crippen molar-refractivity contribution in [3.8, 4) is 0 Å². The SMILES string of the molecule is CSC1CC=C(C)OC1=O. The van der Waals surface area contributed by atoms with Crippen LogP contribution in [0.1, 0.15) is 13.3 Å². The molecular weight excluding hydrogens is 148 g/mol. The molecule has 0 saturated heterocycles. The minimum Gasteiger partial charge on any atom is -0.431 e. The fourth-order valence-electron chi connectivity index (χ4n) is 0.828. The van der Waals surface area contributed by atoms with Gasteiger partial charge in [0.05, 0.1) is 0 Å². The second kappa shape index (κ2) is 3.10. The van der Waals surface area contributed by atoms with E-state index in [4.69, 9.17) is 4.74 Å². The maximum Gasteiger partial charge on any atom is 0.324 e. The lowest BCUT2D eigenvalue weighted by atomic mass is 10.2. The van der Waals surface area contributed by atoms with Crippen molar-refractivity contribution in [1.82, 2.24) is 0 Å². The van der Waals surface area contributed by atoms with Gasteiger partial charge in [-0.1, -0.05) is 0 Å². The molecule has 0 radical (unpaired) electrons. The molecule has 0 fully saturated rings. The lowest BCUT2D eigenvalue weighted by Crippen LogP contribution is -2.22. The van der Waals surface area contributed by atoms with Crippen LogP contribution in [0.4, 0.5) is 0 Å². The standard InChI is InChI=1S/C7H10O2S/c1-5-3-4-6(10-2)7(8)9-5/h3,6H,4H2,1-2H3. The number of rotatable bonds is 1. The van der Waals surface area contributed by atoms with Crippen molar-refractivity contribution in [1.29, 1.82) is 0 Å². The molecule has 0 aromatic rings. The molecule has 1 atom stereocenters. The largest absolute Gasteiger partial charge is 0.431 e. The smallest absolute Gasteiger partial charge is 0.324 e. The number of esters is 1. The average Bonchev–Trinajstić information content (AvgIpc) is 1.88. The summed E-state index contributed by atoms with van der Waals surface area (Å²) in [7, 11) is 0. The van der Waals surface area contributed by atoms with Crippen molar-refractivity contribution in [2.24, 2.45) is 0 Å². The zero-order chi connectivity index (χ0) is 7.56. The van der Waals surface area contributed by atoms with Gasteiger partial charge in [0.15, 0.2) is 0 Å². The molecule has 1 unspecified atom stereocenters. The van der Waals surface area contributed by atoms with Crippen molar-refractivity contribution in [3.05, 3.63) is 11.8 Å². The maximum atomic E-state index is 11.0. The highest BCUT2D eigenvalue weighted by atomic mass is 32.2. The molecule has 0 bridgehead atoms. The highest BCUT2D eigenvalue weighted by molar-refractivity contribution is 7.99. The molecule has 0 amide bonds. The molecule has 1 aliphatic rings. The first-order valence-corrected chi connectivity index (χ1v) is 4.44. The van der Waals surface area contributed by atoms with Crippen molar-refractivity contribution in [3.63, 3.8) is 0 Å². The maximum absolute atomic E-state index is 11.0. The molecule has 0 aromatic heterocycles. The molecule has 0 N–H and O–H groups in total. The number of ether oxygens (including phenoxy) is 1. The average molecular weight is 158 g/mol. The summed E-state index contributed by atoms with van der Waals surface area (Å²) in [4.78, 5) is 11.0. The van der Waals surface area contributed by atoms with Crippen LogP contribution in [0.2, 0.25) is 0 Å². The number of hydrogen-bond donors (Lipinski definition) is 0. The van der Waals surface area contributed by atoms with Gasteiger partial charge in [0.2, 0.25) is 0 Å². The summed E-state index contributed by atoms with van der Waals surface area (Å²) in [6.07, 6.45) is 4.68. The molecule has 0 saturated carbocycles. The topological polar surface area (TPSA) is 26.3 Å². The van der Waals surface area contributed by atoms with E-state index in [0.717, 1.165) is 12.2 Å². The van der Waals surface area contributed by atoms with Crippen LogP contribution in [-0.2, 0) is 9.53 Å². The molecule has 3 heteroatoms. The Labute approximate surface area is 64.6 Å². The number of allylic oxidation sites excluding steroid dienone is 2. The van der Waals surface area contributed by atoms with Gasteiger partial charge in [-0.2, -0.15) is 0 Å². The van der Waals surface area contributed by atoms with E-state index in [-0.39, 0.29) is 11.2 Å². The molecule has 0 aliphatic carbocycles. The fraction of sp³-hybridized carbons (Fsp3) is 0.571. The molecule has 10 heavy (non-hydrogen) atoms. The Balaban J connectivity index is 2.61. The van der Waals surface area contributed by atoms with Gasteiger partial charge < -0.3 is 4.74 Å². The van der Waals surface area contributed by atoms with Crippen LogP contribution in [0.15, 0.2) is 11.8 Å². The third-order valence-corrected chi connectivity index (χ3v) is 2.38. The lowest BCUT2D eigenvalue weighted by Gasteiger charge is -2.16. The van der Waals surface area contributed by atoms with Gasteiger partial charge in [-0.15, -0.1) is 11.8 Å². The molecule has 2 nitrogen and oxygen atoms in total. The number of cyclic esters (lactones) is 1. The molecular formula is C7H10O2S. The van der Waals surface area contributed by atoms with Gasteiger partial charge in [0.1, 0.15) is 11.0 Å². The van der Waals surface area contributed by atoms with Crippen molar-refractivity contribution in [2.75, 3.05) is 6.26 Å². The number of thioether (sulfide) groups is 1. The van der Waals surface area contributed by atoms with Crippen LogP contribution < -0.4 is 0 Å². The Kier molecular flexibility index (Phi) is 2.38. The normalized spacial score (nSPS) is 25.6. The third-order valence-electron chi connectivity index (χ3n) is 1.43. The highest BCUT2D eigenvalue weighted by Gasteiger charge is 2.21. The third kappa shape index (κ3) is 1.53. The summed E-state index contributed by atoms with van der Waals surface area (Å²) in [5.74, 6) is 0.628. The predicted octanol–water partition coefficient (Wildman–Crippen LogP) is 1.57. The van der Waals surface area contributed by atoms with Crippen LogP contribution >= 0.6 is 11.8 Å². The Hall–Kier alpha value is -0.440. The Morgan fingerprint density at radius 1 is 1.80 bits per heavy atom. The van der Waals surface area contributed by atoms with E-state index in [0.29, 0.717) is 0 Å². The van der Waals surface area contributed by atoms with Gasteiger partial charge in [0.25, 0.3) is 0 Å². The summed E-state index contributed by atoms with van der Waals surface area (Å²) >= 11 is 1.54.